The van der Waals surface area contributed by atoms with Crippen molar-refractivity contribution >= 4 is 6.09 Å². The van der Waals surface area contributed by atoms with Crippen LogP contribution in [0.1, 0.15) is 37.9 Å². The van der Waals surface area contributed by atoms with Crippen LogP contribution in [0.5, 0.6) is 0 Å². The van der Waals surface area contributed by atoms with Crippen molar-refractivity contribution in [3.8, 4) is 0 Å². The molecular weight excluding hydrogens is 311 g/mol. The summed E-state index contributed by atoms with van der Waals surface area (Å²) in [5.74, 6) is 0. The summed E-state index contributed by atoms with van der Waals surface area (Å²) in [6.45, 7) is 6.50. The van der Waals surface area contributed by atoms with E-state index < -0.39 is 29.5 Å². The van der Waals surface area contributed by atoms with E-state index in [-0.39, 0.29) is 0 Å². The number of halogens is 3. The van der Waals surface area contributed by atoms with Crippen LogP contribution in [0.3, 0.4) is 0 Å². The van der Waals surface area contributed by atoms with Gasteiger partial charge in [-0.15, -0.1) is 0 Å². The predicted octanol–water partition coefficient (Wildman–Crippen LogP) is 2.98. The molecule has 5 nitrogen and oxygen atoms in total. The Kier molecular flexibility index (Phi) is 4.84. The number of nitrogens with zero attached hydrogens (tertiary/aromatic N) is 2. The van der Waals surface area contributed by atoms with Crippen molar-refractivity contribution in [2.45, 2.75) is 38.6 Å². The summed E-state index contributed by atoms with van der Waals surface area (Å²) >= 11 is 0. The van der Waals surface area contributed by atoms with E-state index in [0.717, 1.165) is 12.3 Å². The fourth-order valence-corrected chi connectivity index (χ4v) is 2.34. The van der Waals surface area contributed by atoms with E-state index in [9.17, 15) is 18.0 Å². The molecule has 1 atom stereocenters. The van der Waals surface area contributed by atoms with Crippen molar-refractivity contribution < 1.29 is 22.7 Å². The van der Waals surface area contributed by atoms with Crippen molar-refractivity contribution in [3.05, 3.63) is 29.6 Å². The van der Waals surface area contributed by atoms with E-state index in [1.165, 1.54) is 11.1 Å². The van der Waals surface area contributed by atoms with Gasteiger partial charge in [0.25, 0.3) is 0 Å². The monoisotopic (exact) mass is 331 g/mol. The van der Waals surface area contributed by atoms with Gasteiger partial charge in [0.1, 0.15) is 5.60 Å². The minimum Gasteiger partial charge on any atom is -0.444 e. The Balaban J connectivity index is 2.26. The van der Waals surface area contributed by atoms with Crippen LogP contribution >= 0.6 is 0 Å². The van der Waals surface area contributed by atoms with Crippen LogP contribution in [-0.2, 0) is 10.9 Å². The van der Waals surface area contributed by atoms with E-state index in [2.05, 4.69) is 10.3 Å². The van der Waals surface area contributed by atoms with Gasteiger partial charge in [0, 0.05) is 32.0 Å². The number of aromatic nitrogens is 1. The van der Waals surface area contributed by atoms with Gasteiger partial charge in [-0.1, -0.05) is 0 Å². The Morgan fingerprint density at radius 3 is 2.65 bits per heavy atom. The van der Waals surface area contributed by atoms with Gasteiger partial charge in [-0.3, -0.25) is 9.88 Å². The van der Waals surface area contributed by atoms with Gasteiger partial charge in [-0.25, -0.2) is 4.79 Å². The lowest BCUT2D eigenvalue weighted by Gasteiger charge is -2.37. The second-order valence-electron chi connectivity index (χ2n) is 6.40. The number of amides is 1. The number of pyridine rings is 1. The van der Waals surface area contributed by atoms with Crippen molar-refractivity contribution in [1.29, 1.82) is 0 Å². The SMILES string of the molecule is CC(C)(C)OC(=O)N1CCNCC1c1cncc(C(F)(F)F)c1. The van der Waals surface area contributed by atoms with E-state index in [1.54, 1.807) is 20.8 Å². The Morgan fingerprint density at radius 1 is 1.35 bits per heavy atom. The topological polar surface area (TPSA) is 54.5 Å². The van der Waals surface area contributed by atoms with Crippen LogP contribution in [0, 0.1) is 0 Å². The summed E-state index contributed by atoms with van der Waals surface area (Å²) in [6.07, 6.45) is -2.88. The number of piperazine rings is 1. The standard InChI is InChI=1S/C15H20F3N3O2/c1-14(2,3)23-13(22)21-5-4-19-9-12(21)10-6-11(8-20-7-10)15(16,17)18/h6-8,12,19H,4-5,9H2,1-3H3. The number of hydrogen-bond acceptors (Lipinski definition) is 4. The average molecular weight is 331 g/mol. The molecule has 1 aromatic heterocycles. The minimum absolute atomic E-state index is 0.331. The summed E-state index contributed by atoms with van der Waals surface area (Å²) in [4.78, 5) is 17.4. The number of alkyl halides is 3. The number of hydrogen-bond donors (Lipinski definition) is 1. The molecule has 1 aliphatic rings. The molecular formula is C15H20F3N3O2. The fraction of sp³-hybridized carbons (Fsp3) is 0.600. The van der Waals surface area contributed by atoms with E-state index in [1.807, 2.05) is 0 Å². The van der Waals surface area contributed by atoms with Crippen LogP contribution in [0.4, 0.5) is 18.0 Å². The van der Waals surface area contributed by atoms with Crippen LogP contribution in [-0.4, -0.2) is 41.2 Å². The van der Waals surface area contributed by atoms with Crippen LogP contribution in [0.25, 0.3) is 0 Å². The molecule has 0 saturated carbocycles. The Bertz CT molecular complexity index is 570. The zero-order valence-electron chi connectivity index (χ0n) is 13.3. The third-order valence-electron chi connectivity index (χ3n) is 3.34. The first-order chi connectivity index (χ1) is 10.6. The molecule has 23 heavy (non-hydrogen) atoms. The summed E-state index contributed by atoms with van der Waals surface area (Å²) in [7, 11) is 0. The van der Waals surface area contributed by atoms with E-state index in [0.29, 0.717) is 25.2 Å². The molecule has 1 unspecified atom stereocenters. The van der Waals surface area contributed by atoms with Crippen LogP contribution < -0.4 is 5.32 Å². The second kappa shape index (κ2) is 6.35. The molecule has 8 heteroatoms. The highest BCUT2D eigenvalue weighted by Gasteiger charge is 2.35. The van der Waals surface area contributed by atoms with E-state index >= 15 is 0 Å². The zero-order chi connectivity index (χ0) is 17.3. The molecule has 1 fully saturated rings. The van der Waals surface area contributed by atoms with Gasteiger partial charge in [0.15, 0.2) is 0 Å². The van der Waals surface area contributed by atoms with Crippen LogP contribution in [0.15, 0.2) is 18.5 Å². The van der Waals surface area contributed by atoms with E-state index in [4.69, 9.17) is 4.74 Å². The summed E-state index contributed by atoms with van der Waals surface area (Å²) in [5, 5.41) is 3.08. The third-order valence-corrected chi connectivity index (χ3v) is 3.34. The number of carbonyl (C=O) groups is 1. The molecule has 1 aromatic rings. The molecule has 1 N–H and O–H groups in total. The minimum atomic E-state index is -4.47. The Morgan fingerprint density at radius 2 is 2.04 bits per heavy atom. The quantitative estimate of drug-likeness (QED) is 0.859. The summed E-state index contributed by atoms with van der Waals surface area (Å²) in [6, 6.07) is 0.482. The van der Waals surface area contributed by atoms with Crippen molar-refractivity contribution in [1.82, 2.24) is 15.2 Å². The lowest BCUT2D eigenvalue weighted by molar-refractivity contribution is -0.137. The molecule has 128 valence electrons. The zero-order valence-corrected chi connectivity index (χ0v) is 13.3. The molecule has 0 aromatic carbocycles. The lowest BCUT2D eigenvalue weighted by atomic mass is 10.0. The van der Waals surface area contributed by atoms with Gasteiger partial charge >= 0.3 is 12.3 Å². The molecule has 0 bridgehead atoms. The third kappa shape index (κ3) is 4.57. The molecule has 1 amide bonds. The fourth-order valence-electron chi connectivity index (χ4n) is 2.34. The maximum atomic E-state index is 12.9. The normalized spacial score (nSPS) is 19.6. The first-order valence-electron chi connectivity index (χ1n) is 7.30. The summed E-state index contributed by atoms with van der Waals surface area (Å²) < 4.78 is 43.9. The number of ether oxygens (including phenoxy) is 1. The molecule has 1 aliphatic heterocycles. The molecule has 0 aliphatic carbocycles. The van der Waals surface area contributed by atoms with Gasteiger partial charge < -0.3 is 10.1 Å². The Hall–Kier alpha value is -1.83. The highest BCUT2D eigenvalue weighted by Crippen LogP contribution is 2.32. The first kappa shape index (κ1) is 17.5. The van der Waals surface area contributed by atoms with Gasteiger partial charge in [0.05, 0.1) is 11.6 Å². The summed E-state index contributed by atoms with van der Waals surface area (Å²) in [5.41, 5.74) is -1.17. The highest BCUT2D eigenvalue weighted by molar-refractivity contribution is 5.69. The number of carbonyl (C=O) groups excluding carboxylic acids is 1. The van der Waals surface area contributed by atoms with Crippen molar-refractivity contribution in [2.24, 2.45) is 0 Å². The first-order valence-corrected chi connectivity index (χ1v) is 7.30. The highest BCUT2D eigenvalue weighted by atomic mass is 19.4. The average Bonchev–Trinajstić information content (AvgIpc) is 2.45. The number of rotatable bonds is 1. The van der Waals surface area contributed by atoms with Crippen molar-refractivity contribution in [3.63, 3.8) is 0 Å². The number of nitrogens with one attached hydrogen (secondary N) is 1. The van der Waals surface area contributed by atoms with Crippen molar-refractivity contribution in [2.75, 3.05) is 19.6 Å². The van der Waals surface area contributed by atoms with Crippen LogP contribution in [0.2, 0.25) is 0 Å². The Labute approximate surface area is 132 Å². The lowest BCUT2D eigenvalue weighted by Crippen LogP contribution is -2.50. The predicted molar refractivity (Wildman–Crippen MR) is 77.8 cm³/mol. The molecule has 0 radical (unpaired) electrons. The smallest absolute Gasteiger partial charge is 0.417 e. The second-order valence-corrected chi connectivity index (χ2v) is 6.40. The molecule has 2 heterocycles. The maximum Gasteiger partial charge on any atom is 0.417 e. The maximum absolute atomic E-state index is 12.9. The molecule has 2 rings (SSSR count). The molecule has 0 spiro atoms. The van der Waals surface area contributed by atoms with Gasteiger partial charge in [0.2, 0.25) is 0 Å². The van der Waals surface area contributed by atoms with Gasteiger partial charge in [-0.05, 0) is 32.4 Å². The molecule has 1 saturated heterocycles. The van der Waals surface area contributed by atoms with Gasteiger partial charge in [-0.2, -0.15) is 13.2 Å². The largest absolute Gasteiger partial charge is 0.444 e.